The van der Waals surface area contributed by atoms with Crippen LogP contribution in [0.3, 0.4) is 0 Å². The standard InChI is InChI=1S/C16H29N3/c1-5-8-15-11-14(13-17-9-6-2)12-16(18-15)19(4)10-7-3/h11-12,17H,5-10,13H2,1-4H3. The van der Waals surface area contributed by atoms with Gasteiger partial charge in [0.05, 0.1) is 0 Å². The van der Waals surface area contributed by atoms with Gasteiger partial charge < -0.3 is 10.2 Å². The molecule has 0 aliphatic rings. The highest BCUT2D eigenvalue weighted by Gasteiger charge is 2.06. The van der Waals surface area contributed by atoms with Crippen LogP contribution in [0.4, 0.5) is 5.82 Å². The highest BCUT2D eigenvalue weighted by molar-refractivity contribution is 5.42. The minimum Gasteiger partial charge on any atom is -0.360 e. The molecule has 3 nitrogen and oxygen atoms in total. The molecular formula is C16H29N3. The Morgan fingerprint density at radius 1 is 1.11 bits per heavy atom. The second-order valence-electron chi connectivity index (χ2n) is 5.17. The van der Waals surface area contributed by atoms with E-state index in [9.17, 15) is 0 Å². The molecule has 1 rings (SSSR count). The van der Waals surface area contributed by atoms with E-state index < -0.39 is 0 Å². The smallest absolute Gasteiger partial charge is 0.128 e. The van der Waals surface area contributed by atoms with Gasteiger partial charge in [0.1, 0.15) is 5.82 Å². The predicted molar refractivity (Wildman–Crippen MR) is 83.8 cm³/mol. The molecule has 0 aromatic carbocycles. The Balaban J connectivity index is 2.83. The molecule has 0 unspecified atom stereocenters. The molecule has 1 N–H and O–H groups in total. The Morgan fingerprint density at radius 2 is 1.89 bits per heavy atom. The van der Waals surface area contributed by atoms with Gasteiger partial charge in [-0.1, -0.05) is 27.2 Å². The molecule has 0 amide bonds. The summed E-state index contributed by atoms with van der Waals surface area (Å²) in [6.07, 6.45) is 4.54. The summed E-state index contributed by atoms with van der Waals surface area (Å²) in [5, 5.41) is 3.47. The monoisotopic (exact) mass is 263 g/mol. The van der Waals surface area contributed by atoms with Gasteiger partial charge in [-0.15, -0.1) is 0 Å². The molecule has 3 heteroatoms. The van der Waals surface area contributed by atoms with Crippen molar-refractivity contribution in [2.45, 2.75) is 53.0 Å². The van der Waals surface area contributed by atoms with Crippen molar-refractivity contribution in [2.24, 2.45) is 0 Å². The van der Waals surface area contributed by atoms with Crippen LogP contribution in [-0.2, 0) is 13.0 Å². The maximum atomic E-state index is 4.77. The molecule has 0 fully saturated rings. The molecule has 0 aliphatic carbocycles. The van der Waals surface area contributed by atoms with Crippen LogP contribution < -0.4 is 10.2 Å². The van der Waals surface area contributed by atoms with Crippen molar-refractivity contribution in [2.75, 3.05) is 25.0 Å². The summed E-state index contributed by atoms with van der Waals surface area (Å²) in [7, 11) is 2.13. The third-order valence-electron chi connectivity index (χ3n) is 3.14. The Labute approximate surface area is 118 Å². The molecule has 0 spiro atoms. The molecule has 0 saturated heterocycles. The van der Waals surface area contributed by atoms with E-state index in [1.54, 1.807) is 0 Å². The number of hydrogen-bond donors (Lipinski definition) is 1. The molecule has 0 aliphatic heterocycles. The molecule has 1 aromatic rings. The molecular weight excluding hydrogens is 234 g/mol. The zero-order valence-corrected chi connectivity index (χ0v) is 13.0. The van der Waals surface area contributed by atoms with Gasteiger partial charge in [-0.2, -0.15) is 0 Å². The number of anilines is 1. The molecule has 19 heavy (non-hydrogen) atoms. The fourth-order valence-corrected chi connectivity index (χ4v) is 2.17. The van der Waals surface area contributed by atoms with Crippen molar-refractivity contribution in [3.8, 4) is 0 Å². The highest BCUT2D eigenvalue weighted by atomic mass is 15.2. The van der Waals surface area contributed by atoms with E-state index in [-0.39, 0.29) is 0 Å². The minimum absolute atomic E-state index is 0.944. The molecule has 0 atom stereocenters. The Hall–Kier alpha value is -1.09. The van der Waals surface area contributed by atoms with Crippen molar-refractivity contribution < 1.29 is 0 Å². The molecule has 1 aromatic heterocycles. The summed E-state index contributed by atoms with van der Waals surface area (Å²) in [6, 6.07) is 4.47. The largest absolute Gasteiger partial charge is 0.360 e. The number of rotatable bonds is 9. The number of aryl methyl sites for hydroxylation is 1. The number of nitrogens with one attached hydrogen (secondary N) is 1. The SMILES string of the molecule is CCCNCc1cc(CCC)nc(N(C)CCC)c1. The van der Waals surface area contributed by atoms with Gasteiger partial charge in [0.2, 0.25) is 0 Å². The average molecular weight is 263 g/mol. The Morgan fingerprint density at radius 3 is 2.53 bits per heavy atom. The fraction of sp³-hybridized carbons (Fsp3) is 0.688. The zero-order chi connectivity index (χ0) is 14.1. The maximum Gasteiger partial charge on any atom is 0.128 e. The summed E-state index contributed by atoms with van der Waals surface area (Å²) < 4.78 is 0. The lowest BCUT2D eigenvalue weighted by Crippen LogP contribution is -2.21. The third kappa shape index (κ3) is 5.60. The van der Waals surface area contributed by atoms with Crippen LogP contribution in [0.15, 0.2) is 12.1 Å². The first kappa shape index (κ1) is 16.0. The molecule has 0 bridgehead atoms. The lowest BCUT2D eigenvalue weighted by atomic mass is 10.1. The van der Waals surface area contributed by atoms with Crippen molar-refractivity contribution in [1.82, 2.24) is 10.3 Å². The number of aromatic nitrogens is 1. The lowest BCUT2D eigenvalue weighted by molar-refractivity contribution is 0.673. The van der Waals surface area contributed by atoms with Crippen LogP contribution in [0.2, 0.25) is 0 Å². The van der Waals surface area contributed by atoms with Crippen LogP contribution in [0.25, 0.3) is 0 Å². The van der Waals surface area contributed by atoms with E-state index >= 15 is 0 Å². The van der Waals surface area contributed by atoms with Gasteiger partial charge in [0.15, 0.2) is 0 Å². The van der Waals surface area contributed by atoms with Gasteiger partial charge in [-0.3, -0.25) is 0 Å². The first-order valence-corrected chi connectivity index (χ1v) is 7.62. The van der Waals surface area contributed by atoms with E-state index in [1.165, 1.54) is 17.7 Å². The second-order valence-corrected chi connectivity index (χ2v) is 5.17. The van der Waals surface area contributed by atoms with Crippen molar-refractivity contribution in [3.05, 3.63) is 23.4 Å². The summed E-state index contributed by atoms with van der Waals surface area (Å²) in [6.45, 7) is 9.69. The minimum atomic E-state index is 0.944. The van der Waals surface area contributed by atoms with Crippen LogP contribution in [-0.4, -0.2) is 25.1 Å². The summed E-state index contributed by atoms with van der Waals surface area (Å²) in [4.78, 5) is 7.02. The molecule has 0 saturated carbocycles. The Bertz CT molecular complexity index is 363. The quantitative estimate of drug-likeness (QED) is 0.692. The van der Waals surface area contributed by atoms with E-state index in [2.05, 4.69) is 50.2 Å². The molecule has 1 heterocycles. The van der Waals surface area contributed by atoms with E-state index in [4.69, 9.17) is 4.98 Å². The first-order valence-electron chi connectivity index (χ1n) is 7.62. The molecule has 108 valence electrons. The topological polar surface area (TPSA) is 28.2 Å². The highest BCUT2D eigenvalue weighted by Crippen LogP contribution is 2.15. The van der Waals surface area contributed by atoms with Gasteiger partial charge in [-0.05, 0) is 43.5 Å². The van der Waals surface area contributed by atoms with E-state index in [1.807, 2.05) is 0 Å². The van der Waals surface area contributed by atoms with Crippen LogP contribution in [0, 0.1) is 0 Å². The van der Waals surface area contributed by atoms with E-state index in [0.717, 1.165) is 44.7 Å². The van der Waals surface area contributed by atoms with Crippen molar-refractivity contribution in [3.63, 3.8) is 0 Å². The van der Waals surface area contributed by atoms with Crippen LogP contribution in [0.1, 0.15) is 51.3 Å². The first-order chi connectivity index (χ1) is 9.21. The summed E-state index contributed by atoms with van der Waals surface area (Å²) in [5.74, 6) is 1.11. The summed E-state index contributed by atoms with van der Waals surface area (Å²) >= 11 is 0. The lowest BCUT2D eigenvalue weighted by Gasteiger charge is -2.19. The zero-order valence-electron chi connectivity index (χ0n) is 13.0. The normalized spacial score (nSPS) is 10.7. The van der Waals surface area contributed by atoms with Crippen LogP contribution in [0.5, 0.6) is 0 Å². The van der Waals surface area contributed by atoms with Gasteiger partial charge in [0, 0.05) is 25.8 Å². The number of hydrogen-bond acceptors (Lipinski definition) is 3. The third-order valence-corrected chi connectivity index (χ3v) is 3.14. The summed E-state index contributed by atoms with van der Waals surface area (Å²) in [5.41, 5.74) is 2.57. The number of pyridine rings is 1. The number of nitrogens with zero attached hydrogens (tertiary/aromatic N) is 2. The van der Waals surface area contributed by atoms with Gasteiger partial charge >= 0.3 is 0 Å². The predicted octanol–water partition coefficient (Wildman–Crippen LogP) is 3.38. The second kappa shape index (κ2) is 8.92. The maximum absolute atomic E-state index is 4.77. The average Bonchev–Trinajstić information content (AvgIpc) is 2.39. The van der Waals surface area contributed by atoms with Crippen molar-refractivity contribution >= 4 is 5.82 Å². The Kier molecular flexibility index (Phi) is 7.49. The van der Waals surface area contributed by atoms with Crippen molar-refractivity contribution in [1.29, 1.82) is 0 Å². The van der Waals surface area contributed by atoms with Gasteiger partial charge in [0.25, 0.3) is 0 Å². The van der Waals surface area contributed by atoms with Crippen LogP contribution >= 0.6 is 0 Å². The van der Waals surface area contributed by atoms with Gasteiger partial charge in [-0.25, -0.2) is 4.98 Å². The van der Waals surface area contributed by atoms with E-state index in [0.29, 0.717) is 0 Å². The fourth-order valence-electron chi connectivity index (χ4n) is 2.17. The molecule has 0 radical (unpaired) electrons.